The van der Waals surface area contributed by atoms with Crippen molar-refractivity contribution in [1.29, 1.82) is 0 Å². The number of unbranched alkanes of at least 4 members (excludes halogenated alkanes) is 3. The number of hydrogen-bond acceptors (Lipinski definition) is 4. The molecule has 1 saturated carbocycles. The Hall–Kier alpha value is -2.72. The van der Waals surface area contributed by atoms with Gasteiger partial charge in [-0.3, -0.25) is 4.79 Å². The molecule has 1 aromatic heterocycles. The van der Waals surface area contributed by atoms with E-state index in [1.807, 2.05) is 0 Å². The Morgan fingerprint density at radius 3 is 2.24 bits per heavy atom. The molecule has 180 valence electrons. The molecule has 1 aromatic carbocycles. The van der Waals surface area contributed by atoms with Crippen molar-refractivity contribution in [2.45, 2.75) is 63.7 Å². The van der Waals surface area contributed by atoms with E-state index < -0.39 is 23.5 Å². The van der Waals surface area contributed by atoms with E-state index in [2.05, 4.69) is 20.6 Å². The molecule has 1 fully saturated rings. The van der Waals surface area contributed by atoms with Crippen molar-refractivity contribution >= 4 is 11.9 Å². The number of allylic oxidation sites excluding steroid dienone is 1. The van der Waals surface area contributed by atoms with E-state index in [0.717, 1.165) is 25.7 Å². The SMILES string of the molecule is O=C1CC[C@H](C=Cc2cc(C(F)(F)F)cc(C(F)(F)F)c2)[C@H]1CCCCCCc1nn[nH]n1. The molecule has 2 atom stereocenters. The minimum absolute atomic E-state index is 0.0940. The molecule has 5 nitrogen and oxygen atoms in total. The largest absolute Gasteiger partial charge is 0.416 e. The summed E-state index contributed by atoms with van der Waals surface area (Å²) in [5.41, 5.74) is -2.88. The Labute approximate surface area is 186 Å². The van der Waals surface area contributed by atoms with Gasteiger partial charge in [0.2, 0.25) is 0 Å². The lowest BCUT2D eigenvalue weighted by Gasteiger charge is -2.16. The minimum Gasteiger partial charge on any atom is -0.299 e. The number of carbonyl (C=O) groups excluding carboxylic acids is 1. The zero-order valence-corrected chi connectivity index (χ0v) is 17.7. The summed E-state index contributed by atoms with van der Waals surface area (Å²) in [6.07, 6.45) is -1.12. The van der Waals surface area contributed by atoms with E-state index in [0.29, 0.717) is 43.6 Å². The van der Waals surface area contributed by atoms with Crippen LogP contribution in [0.3, 0.4) is 0 Å². The van der Waals surface area contributed by atoms with Gasteiger partial charge < -0.3 is 0 Å². The number of ketones is 1. The first kappa shape index (κ1) is 24.9. The summed E-state index contributed by atoms with van der Waals surface area (Å²) in [5.74, 6) is 0.290. The first-order chi connectivity index (χ1) is 15.5. The van der Waals surface area contributed by atoms with Crippen LogP contribution in [0.15, 0.2) is 24.3 Å². The van der Waals surface area contributed by atoms with Gasteiger partial charge in [0, 0.05) is 18.8 Å². The number of Topliss-reactive ketones (excluding diaryl/α,β-unsaturated/α-hetero) is 1. The Bertz CT molecular complexity index is 921. The van der Waals surface area contributed by atoms with Crippen molar-refractivity contribution in [3.8, 4) is 0 Å². The molecular formula is C22H24F6N4O. The average Bonchev–Trinajstić information content (AvgIpc) is 3.37. The van der Waals surface area contributed by atoms with Crippen molar-refractivity contribution in [2.75, 3.05) is 0 Å². The van der Waals surface area contributed by atoms with Gasteiger partial charge in [-0.15, -0.1) is 10.2 Å². The molecule has 1 aliphatic rings. The molecule has 0 bridgehead atoms. The second-order valence-electron chi connectivity index (χ2n) is 8.25. The van der Waals surface area contributed by atoms with Crippen LogP contribution in [0.5, 0.6) is 0 Å². The van der Waals surface area contributed by atoms with Gasteiger partial charge in [-0.1, -0.05) is 36.6 Å². The van der Waals surface area contributed by atoms with Crippen molar-refractivity contribution in [1.82, 2.24) is 20.6 Å². The average molecular weight is 474 g/mol. The molecule has 1 N–H and O–H groups in total. The standard InChI is InChI=1S/C22H24F6N4O/c23-21(24,25)16-11-14(12-17(13-16)22(26,27)28)7-8-15-9-10-19(33)18(15)5-3-1-2-4-6-20-29-31-32-30-20/h7-8,11-13,15,18H,1-6,9-10H2,(H,29,30,31,32)/t15-,18+/m0/s1. The minimum atomic E-state index is -4.89. The Balaban J connectivity index is 1.59. The van der Waals surface area contributed by atoms with Crippen molar-refractivity contribution in [3.63, 3.8) is 0 Å². The third-order valence-electron chi connectivity index (χ3n) is 5.86. The maximum Gasteiger partial charge on any atom is 0.416 e. The molecule has 33 heavy (non-hydrogen) atoms. The lowest BCUT2D eigenvalue weighted by molar-refractivity contribution is -0.143. The second kappa shape index (κ2) is 10.5. The highest BCUT2D eigenvalue weighted by Gasteiger charge is 2.37. The Kier molecular flexibility index (Phi) is 7.91. The highest BCUT2D eigenvalue weighted by molar-refractivity contribution is 5.84. The number of aromatic amines is 1. The maximum absolute atomic E-state index is 13.1. The number of rotatable bonds is 9. The molecule has 0 saturated heterocycles. The summed E-state index contributed by atoms with van der Waals surface area (Å²) in [7, 11) is 0. The number of nitrogens with one attached hydrogen (secondary N) is 1. The van der Waals surface area contributed by atoms with Crippen molar-refractivity contribution in [3.05, 3.63) is 46.8 Å². The molecule has 0 unspecified atom stereocenters. The van der Waals surface area contributed by atoms with E-state index in [1.165, 1.54) is 6.08 Å². The molecule has 0 amide bonds. The van der Waals surface area contributed by atoms with Crippen LogP contribution in [0.25, 0.3) is 6.08 Å². The first-order valence-electron chi connectivity index (χ1n) is 10.8. The van der Waals surface area contributed by atoms with Crippen LogP contribution in [0, 0.1) is 11.8 Å². The summed E-state index contributed by atoms with van der Waals surface area (Å²) in [6.45, 7) is 0. The molecule has 0 aliphatic heterocycles. The van der Waals surface area contributed by atoms with Crippen molar-refractivity contribution in [2.24, 2.45) is 11.8 Å². The number of H-pyrrole nitrogens is 1. The fraction of sp³-hybridized carbons (Fsp3) is 0.545. The summed E-state index contributed by atoms with van der Waals surface area (Å²) in [6, 6.07) is 1.50. The van der Waals surface area contributed by atoms with Gasteiger partial charge in [0.25, 0.3) is 0 Å². The van der Waals surface area contributed by atoms with Crippen LogP contribution in [-0.4, -0.2) is 26.4 Å². The number of halogens is 6. The number of aryl methyl sites for hydroxylation is 1. The molecule has 0 spiro atoms. The number of carbonyl (C=O) groups is 1. The van der Waals surface area contributed by atoms with Gasteiger partial charge >= 0.3 is 12.4 Å². The van der Waals surface area contributed by atoms with E-state index in [-0.39, 0.29) is 29.2 Å². The molecule has 3 rings (SSSR count). The number of tetrazole rings is 1. The lowest BCUT2D eigenvalue weighted by Crippen LogP contribution is -2.13. The van der Waals surface area contributed by atoms with E-state index in [1.54, 1.807) is 6.08 Å². The molecule has 2 aromatic rings. The smallest absolute Gasteiger partial charge is 0.299 e. The van der Waals surface area contributed by atoms with Crippen LogP contribution in [0.2, 0.25) is 0 Å². The Morgan fingerprint density at radius 2 is 1.64 bits per heavy atom. The third kappa shape index (κ3) is 7.13. The monoisotopic (exact) mass is 474 g/mol. The van der Waals surface area contributed by atoms with Gasteiger partial charge in [-0.05, 0) is 48.9 Å². The fourth-order valence-corrected chi connectivity index (χ4v) is 4.14. The molecule has 1 heterocycles. The molecule has 11 heteroatoms. The molecule has 1 aliphatic carbocycles. The van der Waals surface area contributed by atoms with Crippen LogP contribution in [0.4, 0.5) is 26.3 Å². The van der Waals surface area contributed by atoms with Crippen LogP contribution in [-0.2, 0) is 23.6 Å². The molecule has 0 radical (unpaired) electrons. The number of nitrogens with zero attached hydrogens (tertiary/aromatic N) is 3. The van der Waals surface area contributed by atoms with E-state index in [9.17, 15) is 31.1 Å². The Morgan fingerprint density at radius 1 is 0.970 bits per heavy atom. The van der Waals surface area contributed by atoms with Gasteiger partial charge in [-0.2, -0.15) is 31.6 Å². The third-order valence-corrected chi connectivity index (χ3v) is 5.86. The predicted molar refractivity (Wildman–Crippen MR) is 108 cm³/mol. The number of aromatic nitrogens is 4. The highest BCUT2D eigenvalue weighted by atomic mass is 19.4. The normalized spacial score (nSPS) is 19.6. The summed E-state index contributed by atoms with van der Waals surface area (Å²) in [5, 5.41) is 13.6. The van der Waals surface area contributed by atoms with Crippen LogP contribution < -0.4 is 0 Å². The first-order valence-corrected chi connectivity index (χ1v) is 10.8. The zero-order chi connectivity index (χ0) is 24.1. The topological polar surface area (TPSA) is 71.5 Å². The maximum atomic E-state index is 13.1. The zero-order valence-electron chi connectivity index (χ0n) is 17.7. The van der Waals surface area contributed by atoms with Crippen LogP contribution in [0.1, 0.15) is 67.5 Å². The number of benzene rings is 1. The van der Waals surface area contributed by atoms with Crippen LogP contribution >= 0.6 is 0 Å². The highest BCUT2D eigenvalue weighted by Crippen LogP contribution is 2.38. The summed E-state index contributed by atoms with van der Waals surface area (Å²) in [4.78, 5) is 12.3. The van der Waals surface area contributed by atoms with Crippen molar-refractivity contribution < 1.29 is 31.1 Å². The number of hydrogen-bond donors (Lipinski definition) is 1. The summed E-state index contributed by atoms with van der Waals surface area (Å²) < 4.78 is 78.3. The van der Waals surface area contributed by atoms with Gasteiger partial charge in [0.15, 0.2) is 5.82 Å². The molecular weight excluding hydrogens is 450 g/mol. The van der Waals surface area contributed by atoms with Gasteiger partial charge in [0.1, 0.15) is 5.78 Å². The summed E-state index contributed by atoms with van der Waals surface area (Å²) >= 11 is 0. The van der Waals surface area contributed by atoms with E-state index >= 15 is 0 Å². The number of alkyl halides is 6. The quantitative estimate of drug-likeness (QED) is 0.355. The predicted octanol–water partition coefficient (Wildman–Crippen LogP) is 6.04. The second-order valence-corrected chi connectivity index (χ2v) is 8.25. The lowest BCUT2D eigenvalue weighted by atomic mass is 9.89. The van der Waals surface area contributed by atoms with E-state index in [4.69, 9.17) is 0 Å². The van der Waals surface area contributed by atoms with Gasteiger partial charge in [-0.25, -0.2) is 0 Å². The fourth-order valence-electron chi connectivity index (χ4n) is 4.14. The van der Waals surface area contributed by atoms with Gasteiger partial charge in [0.05, 0.1) is 11.1 Å².